The van der Waals surface area contributed by atoms with Crippen LogP contribution in [0.2, 0.25) is 0 Å². The van der Waals surface area contributed by atoms with Gasteiger partial charge < -0.3 is 16.0 Å². The second-order valence-electron chi connectivity index (χ2n) is 5.16. The van der Waals surface area contributed by atoms with Crippen molar-refractivity contribution >= 4 is 38.9 Å². The Bertz CT molecular complexity index is 974. The van der Waals surface area contributed by atoms with Gasteiger partial charge in [-0.25, -0.2) is 15.0 Å². The van der Waals surface area contributed by atoms with Gasteiger partial charge in [-0.3, -0.25) is 0 Å². The topological polar surface area (TPSA) is 92.5 Å². The summed E-state index contributed by atoms with van der Waals surface area (Å²) in [5.41, 5.74) is 8.77. The largest absolute Gasteiger partial charge is 0.368 e. The number of nitrogens with two attached hydrogens (primary N) is 1. The van der Waals surface area contributed by atoms with Gasteiger partial charge in [0.15, 0.2) is 0 Å². The molecule has 3 aromatic heterocycles. The number of benzene rings is 1. The average molecular weight is 322 g/mol. The van der Waals surface area contributed by atoms with Crippen LogP contribution in [0.1, 0.15) is 5.56 Å². The van der Waals surface area contributed by atoms with E-state index < -0.39 is 0 Å². The molecule has 0 unspecified atom stereocenters. The predicted octanol–water partition coefficient (Wildman–Crippen LogP) is 3.72. The number of hydrogen-bond donors (Lipinski definition) is 3. The van der Waals surface area contributed by atoms with Crippen molar-refractivity contribution < 1.29 is 0 Å². The maximum Gasteiger partial charge on any atom is 0.220 e. The molecule has 0 aliphatic rings. The second kappa shape index (κ2) is 5.36. The van der Waals surface area contributed by atoms with Crippen molar-refractivity contribution in [2.75, 3.05) is 11.1 Å². The Labute approximate surface area is 136 Å². The molecule has 0 amide bonds. The van der Waals surface area contributed by atoms with Crippen molar-refractivity contribution in [2.24, 2.45) is 0 Å². The van der Waals surface area contributed by atoms with E-state index in [2.05, 4.69) is 50.4 Å². The number of H-pyrrole nitrogens is 1. The first-order valence-corrected chi connectivity index (χ1v) is 7.90. The number of nitrogen functional groups attached to an aromatic ring is 1. The first-order valence-electron chi connectivity index (χ1n) is 7.08. The summed E-state index contributed by atoms with van der Waals surface area (Å²) in [4.78, 5) is 16.4. The number of imidazole rings is 1. The van der Waals surface area contributed by atoms with Gasteiger partial charge in [0.05, 0.1) is 23.1 Å². The van der Waals surface area contributed by atoms with Crippen LogP contribution >= 0.6 is 11.3 Å². The molecule has 4 N–H and O–H groups in total. The molecular formula is C16H14N6S. The summed E-state index contributed by atoms with van der Waals surface area (Å²) in [7, 11) is 0. The number of thiophene rings is 1. The highest BCUT2D eigenvalue weighted by atomic mass is 32.1. The predicted molar refractivity (Wildman–Crippen MR) is 93.9 cm³/mol. The monoisotopic (exact) mass is 322 g/mol. The standard InChI is InChI=1S/C16H14N6S/c1-9-11-6-10(21-14-7-18-8-20-14)2-3-13(11)23-15(9)12-4-5-19-16(17)22-12/h2-8,21H,1H3,(H,18,20)(H2,17,19,22). The molecule has 0 spiro atoms. The number of aromatic nitrogens is 4. The minimum absolute atomic E-state index is 0.293. The van der Waals surface area contributed by atoms with E-state index >= 15 is 0 Å². The minimum atomic E-state index is 0.293. The molecule has 4 aromatic rings. The van der Waals surface area contributed by atoms with E-state index in [1.165, 1.54) is 15.6 Å². The molecule has 0 atom stereocenters. The zero-order chi connectivity index (χ0) is 15.8. The van der Waals surface area contributed by atoms with E-state index in [0.717, 1.165) is 22.1 Å². The van der Waals surface area contributed by atoms with E-state index in [9.17, 15) is 0 Å². The molecule has 114 valence electrons. The Hall–Kier alpha value is -2.93. The molecule has 23 heavy (non-hydrogen) atoms. The summed E-state index contributed by atoms with van der Waals surface area (Å²) in [5.74, 6) is 1.15. The van der Waals surface area contributed by atoms with Crippen LogP contribution in [0.15, 0.2) is 43.0 Å². The van der Waals surface area contributed by atoms with E-state index in [1.807, 2.05) is 6.07 Å². The smallest absolute Gasteiger partial charge is 0.220 e. The van der Waals surface area contributed by atoms with Crippen LogP contribution in [-0.4, -0.2) is 19.9 Å². The minimum Gasteiger partial charge on any atom is -0.368 e. The van der Waals surface area contributed by atoms with Gasteiger partial charge in [-0.1, -0.05) is 0 Å². The average Bonchev–Trinajstić information content (AvgIpc) is 3.16. The molecule has 0 radical (unpaired) electrons. The number of aryl methyl sites for hydroxylation is 1. The first-order chi connectivity index (χ1) is 11.2. The van der Waals surface area contributed by atoms with Gasteiger partial charge in [0, 0.05) is 16.6 Å². The zero-order valence-electron chi connectivity index (χ0n) is 12.4. The van der Waals surface area contributed by atoms with Crippen molar-refractivity contribution in [2.45, 2.75) is 6.92 Å². The van der Waals surface area contributed by atoms with E-state index in [-0.39, 0.29) is 0 Å². The second-order valence-corrected chi connectivity index (χ2v) is 6.21. The van der Waals surface area contributed by atoms with Gasteiger partial charge in [0.2, 0.25) is 5.95 Å². The van der Waals surface area contributed by atoms with Gasteiger partial charge in [-0.15, -0.1) is 11.3 Å². The number of aromatic amines is 1. The zero-order valence-corrected chi connectivity index (χ0v) is 13.2. The maximum atomic E-state index is 5.70. The summed E-state index contributed by atoms with van der Waals surface area (Å²) in [5, 5.41) is 4.50. The van der Waals surface area contributed by atoms with Crippen molar-refractivity contribution in [1.82, 2.24) is 19.9 Å². The fourth-order valence-electron chi connectivity index (χ4n) is 2.52. The summed E-state index contributed by atoms with van der Waals surface area (Å²) in [6, 6.07) is 8.19. The number of rotatable bonds is 3. The fourth-order valence-corrected chi connectivity index (χ4v) is 3.68. The molecule has 3 heterocycles. The van der Waals surface area contributed by atoms with Crippen molar-refractivity contribution in [1.29, 1.82) is 0 Å². The lowest BCUT2D eigenvalue weighted by molar-refractivity contribution is 1.19. The first kappa shape index (κ1) is 13.7. The molecule has 0 fully saturated rings. The van der Waals surface area contributed by atoms with Crippen LogP contribution < -0.4 is 11.1 Å². The molecule has 0 saturated heterocycles. The van der Waals surface area contributed by atoms with E-state index in [0.29, 0.717) is 5.95 Å². The lowest BCUT2D eigenvalue weighted by atomic mass is 10.1. The molecule has 7 heteroatoms. The molecule has 4 rings (SSSR count). The van der Waals surface area contributed by atoms with Crippen LogP contribution in [-0.2, 0) is 0 Å². The van der Waals surface area contributed by atoms with Crippen LogP contribution in [0.5, 0.6) is 0 Å². The van der Waals surface area contributed by atoms with E-state index in [4.69, 9.17) is 5.73 Å². The van der Waals surface area contributed by atoms with Gasteiger partial charge >= 0.3 is 0 Å². The van der Waals surface area contributed by atoms with Crippen LogP contribution in [0.4, 0.5) is 17.5 Å². The Morgan fingerprint density at radius 2 is 2.17 bits per heavy atom. The third-order valence-electron chi connectivity index (χ3n) is 3.62. The molecule has 0 aliphatic heterocycles. The normalized spacial score (nSPS) is 11.0. The lowest BCUT2D eigenvalue weighted by Crippen LogP contribution is -1.94. The number of hydrogen-bond acceptors (Lipinski definition) is 6. The van der Waals surface area contributed by atoms with Gasteiger partial charge in [0.25, 0.3) is 0 Å². The highest BCUT2D eigenvalue weighted by Gasteiger charge is 2.12. The van der Waals surface area contributed by atoms with Crippen molar-refractivity contribution in [3.8, 4) is 10.6 Å². The van der Waals surface area contributed by atoms with Crippen LogP contribution in [0.3, 0.4) is 0 Å². The quantitative estimate of drug-likeness (QED) is 0.534. The Balaban J connectivity index is 1.78. The number of anilines is 3. The third kappa shape index (κ3) is 2.51. The number of nitrogens with one attached hydrogen (secondary N) is 2. The fraction of sp³-hybridized carbons (Fsp3) is 0.0625. The van der Waals surface area contributed by atoms with Gasteiger partial charge in [-0.2, -0.15) is 0 Å². The summed E-state index contributed by atoms with van der Waals surface area (Å²) < 4.78 is 1.21. The maximum absolute atomic E-state index is 5.70. The van der Waals surface area contributed by atoms with Crippen LogP contribution in [0, 0.1) is 6.92 Å². The Kier molecular flexibility index (Phi) is 3.20. The lowest BCUT2D eigenvalue weighted by Gasteiger charge is -2.04. The summed E-state index contributed by atoms with van der Waals surface area (Å²) >= 11 is 1.71. The highest BCUT2D eigenvalue weighted by Crippen LogP contribution is 2.38. The molecule has 0 saturated carbocycles. The van der Waals surface area contributed by atoms with Crippen LogP contribution in [0.25, 0.3) is 20.7 Å². The summed E-state index contributed by atoms with van der Waals surface area (Å²) in [6.07, 6.45) is 5.08. The number of fused-ring (bicyclic) bond motifs is 1. The van der Waals surface area contributed by atoms with Gasteiger partial charge in [-0.05, 0) is 42.1 Å². The Morgan fingerprint density at radius 1 is 1.26 bits per heavy atom. The summed E-state index contributed by atoms with van der Waals surface area (Å²) in [6.45, 7) is 2.10. The molecule has 6 nitrogen and oxygen atoms in total. The van der Waals surface area contributed by atoms with Crippen molar-refractivity contribution in [3.63, 3.8) is 0 Å². The highest BCUT2D eigenvalue weighted by molar-refractivity contribution is 7.22. The molecule has 1 aromatic carbocycles. The van der Waals surface area contributed by atoms with E-state index in [1.54, 1.807) is 30.1 Å². The Morgan fingerprint density at radius 3 is 2.96 bits per heavy atom. The molecule has 0 bridgehead atoms. The molecular weight excluding hydrogens is 308 g/mol. The van der Waals surface area contributed by atoms with Gasteiger partial charge in [0.1, 0.15) is 5.82 Å². The number of nitrogens with zero attached hydrogens (tertiary/aromatic N) is 3. The third-order valence-corrected chi connectivity index (χ3v) is 4.92. The SMILES string of the molecule is Cc1c(-c2ccnc(N)n2)sc2ccc(Nc3cnc[nH]3)cc12. The molecule has 0 aliphatic carbocycles. The van der Waals surface area contributed by atoms with Crippen molar-refractivity contribution in [3.05, 3.63) is 48.5 Å².